The molecule has 2 nitrogen and oxygen atoms in total. The van der Waals surface area contributed by atoms with Crippen molar-refractivity contribution in [1.82, 2.24) is 0 Å². The van der Waals surface area contributed by atoms with Crippen molar-refractivity contribution < 1.29 is 9.47 Å². The zero-order valence-electron chi connectivity index (χ0n) is 20.2. The van der Waals surface area contributed by atoms with Crippen molar-refractivity contribution in [2.24, 2.45) is 0 Å². The van der Waals surface area contributed by atoms with Crippen molar-refractivity contribution in [3.05, 3.63) is 54.1 Å². The molecule has 0 spiro atoms. The second kappa shape index (κ2) is 15.9. The molecule has 0 N–H and O–H groups in total. The molecular formula is C29H44O2. The second-order valence-electron chi connectivity index (χ2n) is 8.69. The Balaban J connectivity index is 1.70. The quantitative estimate of drug-likeness (QED) is 0.236. The number of rotatable bonds is 17. The van der Waals surface area contributed by atoms with Crippen molar-refractivity contribution in [3.63, 3.8) is 0 Å². The summed E-state index contributed by atoms with van der Waals surface area (Å²) in [6, 6.07) is 17.3. The standard InChI is InChI=1S/C29H44O2/c1-4-6-8-10-11-12-14-23-30-25(3)26-15-17-27(18-16-26)28-19-21-29(22-20-28)31-24-13-9-7-5-2/h15-22,25H,4-14,23-24H2,1-3H3. The number of ether oxygens (including phenoxy) is 2. The Morgan fingerprint density at radius 1 is 0.581 bits per heavy atom. The molecule has 0 heterocycles. The zero-order valence-corrected chi connectivity index (χ0v) is 20.2. The lowest BCUT2D eigenvalue weighted by molar-refractivity contribution is 0.0627. The highest BCUT2D eigenvalue weighted by molar-refractivity contribution is 5.64. The molecule has 0 aliphatic heterocycles. The summed E-state index contributed by atoms with van der Waals surface area (Å²) in [6.07, 6.45) is 14.3. The molecule has 2 rings (SSSR count). The maximum atomic E-state index is 6.06. The van der Waals surface area contributed by atoms with Crippen LogP contribution in [-0.4, -0.2) is 13.2 Å². The van der Waals surface area contributed by atoms with Crippen LogP contribution in [0.25, 0.3) is 11.1 Å². The average molecular weight is 425 g/mol. The van der Waals surface area contributed by atoms with Crippen molar-refractivity contribution in [1.29, 1.82) is 0 Å². The first-order valence-electron chi connectivity index (χ1n) is 12.7. The smallest absolute Gasteiger partial charge is 0.119 e. The molecule has 2 heteroatoms. The molecule has 0 saturated carbocycles. The highest BCUT2D eigenvalue weighted by Crippen LogP contribution is 2.25. The maximum absolute atomic E-state index is 6.06. The number of hydrogen-bond acceptors (Lipinski definition) is 2. The third kappa shape index (κ3) is 10.4. The van der Waals surface area contributed by atoms with Crippen molar-refractivity contribution in [2.75, 3.05) is 13.2 Å². The lowest BCUT2D eigenvalue weighted by Crippen LogP contribution is -2.01. The summed E-state index contributed by atoms with van der Waals surface area (Å²) in [4.78, 5) is 0. The van der Waals surface area contributed by atoms with E-state index in [-0.39, 0.29) is 6.10 Å². The Hall–Kier alpha value is -1.80. The molecule has 1 atom stereocenters. The lowest BCUT2D eigenvalue weighted by atomic mass is 10.0. The average Bonchev–Trinajstić information content (AvgIpc) is 2.81. The molecule has 31 heavy (non-hydrogen) atoms. The van der Waals surface area contributed by atoms with Crippen molar-refractivity contribution in [3.8, 4) is 16.9 Å². The molecule has 0 bridgehead atoms. The SMILES string of the molecule is CCCCCCCCCOC(C)c1ccc(-c2ccc(OCCCCCC)cc2)cc1. The van der Waals surface area contributed by atoms with Crippen molar-refractivity contribution in [2.45, 2.75) is 97.5 Å². The monoisotopic (exact) mass is 424 g/mol. The van der Waals surface area contributed by atoms with E-state index >= 15 is 0 Å². The van der Waals surface area contributed by atoms with Crippen LogP contribution in [0.4, 0.5) is 0 Å². The summed E-state index contributed by atoms with van der Waals surface area (Å²) in [5.74, 6) is 0.962. The maximum Gasteiger partial charge on any atom is 0.119 e. The molecular weight excluding hydrogens is 380 g/mol. The van der Waals surface area contributed by atoms with E-state index < -0.39 is 0 Å². The summed E-state index contributed by atoms with van der Waals surface area (Å²) in [5, 5.41) is 0. The van der Waals surface area contributed by atoms with E-state index in [1.54, 1.807) is 0 Å². The zero-order chi connectivity index (χ0) is 22.2. The number of unbranched alkanes of at least 4 members (excludes halogenated alkanes) is 9. The summed E-state index contributed by atoms with van der Waals surface area (Å²) in [6.45, 7) is 8.32. The van der Waals surface area contributed by atoms with Gasteiger partial charge in [-0.3, -0.25) is 0 Å². The lowest BCUT2D eigenvalue weighted by Gasteiger charge is -2.14. The van der Waals surface area contributed by atoms with E-state index in [0.29, 0.717) is 0 Å². The summed E-state index contributed by atoms with van der Waals surface area (Å²) >= 11 is 0. The fourth-order valence-corrected chi connectivity index (χ4v) is 3.82. The van der Waals surface area contributed by atoms with Gasteiger partial charge in [0.25, 0.3) is 0 Å². The van der Waals surface area contributed by atoms with Gasteiger partial charge in [0.05, 0.1) is 12.7 Å². The first kappa shape index (κ1) is 25.5. The normalized spacial score (nSPS) is 12.1. The van der Waals surface area contributed by atoms with Gasteiger partial charge in [0.2, 0.25) is 0 Å². The van der Waals surface area contributed by atoms with E-state index in [4.69, 9.17) is 9.47 Å². The molecule has 2 aromatic rings. The predicted molar refractivity (Wildman–Crippen MR) is 134 cm³/mol. The fourth-order valence-electron chi connectivity index (χ4n) is 3.82. The minimum Gasteiger partial charge on any atom is -0.494 e. The molecule has 0 aliphatic rings. The van der Waals surface area contributed by atoms with Gasteiger partial charge in [0.1, 0.15) is 5.75 Å². The molecule has 0 aliphatic carbocycles. The Morgan fingerprint density at radius 2 is 1.06 bits per heavy atom. The molecule has 0 aromatic heterocycles. The minimum atomic E-state index is 0.151. The van der Waals surface area contributed by atoms with Crippen LogP contribution in [0.5, 0.6) is 5.75 Å². The molecule has 2 aromatic carbocycles. The van der Waals surface area contributed by atoms with E-state index in [2.05, 4.69) is 69.3 Å². The topological polar surface area (TPSA) is 18.5 Å². The van der Waals surface area contributed by atoms with Gasteiger partial charge in [-0.1, -0.05) is 108 Å². The Bertz CT molecular complexity index is 675. The fraction of sp³-hybridized carbons (Fsp3) is 0.586. The van der Waals surface area contributed by atoms with Crippen LogP contribution in [0.2, 0.25) is 0 Å². The third-order valence-electron chi connectivity index (χ3n) is 5.95. The van der Waals surface area contributed by atoms with Crippen LogP contribution >= 0.6 is 0 Å². The molecule has 0 radical (unpaired) electrons. The van der Waals surface area contributed by atoms with Gasteiger partial charge in [-0.25, -0.2) is 0 Å². The van der Waals surface area contributed by atoms with Gasteiger partial charge in [0.15, 0.2) is 0 Å². The van der Waals surface area contributed by atoms with E-state index in [1.807, 2.05) is 0 Å². The van der Waals surface area contributed by atoms with Crippen LogP contribution in [0, 0.1) is 0 Å². The van der Waals surface area contributed by atoms with Gasteiger partial charge in [0, 0.05) is 6.61 Å². The van der Waals surface area contributed by atoms with Crippen molar-refractivity contribution >= 4 is 0 Å². The molecule has 0 amide bonds. The van der Waals surface area contributed by atoms with Crippen LogP contribution < -0.4 is 4.74 Å². The summed E-state index contributed by atoms with van der Waals surface area (Å²) < 4.78 is 11.9. The Labute approximate surface area is 191 Å². The van der Waals surface area contributed by atoms with Gasteiger partial charge in [-0.05, 0) is 48.6 Å². The van der Waals surface area contributed by atoms with Crippen LogP contribution in [0.1, 0.15) is 103 Å². The minimum absolute atomic E-state index is 0.151. The van der Waals surface area contributed by atoms with Gasteiger partial charge in [-0.15, -0.1) is 0 Å². The summed E-state index contributed by atoms with van der Waals surface area (Å²) in [5.41, 5.74) is 3.71. The van der Waals surface area contributed by atoms with E-state index in [1.165, 1.54) is 80.9 Å². The molecule has 1 unspecified atom stereocenters. The highest BCUT2D eigenvalue weighted by atomic mass is 16.5. The van der Waals surface area contributed by atoms with E-state index in [0.717, 1.165) is 25.4 Å². The predicted octanol–water partition coefficient (Wildman–Crippen LogP) is 9.14. The molecule has 172 valence electrons. The van der Waals surface area contributed by atoms with Gasteiger partial charge < -0.3 is 9.47 Å². The molecule has 0 saturated heterocycles. The largest absolute Gasteiger partial charge is 0.494 e. The van der Waals surface area contributed by atoms with Crippen LogP contribution in [0.15, 0.2) is 48.5 Å². The summed E-state index contributed by atoms with van der Waals surface area (Å²) in [7, 11) is 0. The van der Waals surface area contributed by atoms with Crippen LogP contribution in [-0.2, 0) is 4.74 Å². The second-order valence-corrected chi connectivity index (χ2v) is 8.69. The number of benzene rings is 2. The van der Waals surface area contributed by atoms with Crippen LogP contribution in [0.3, 0.4) is 0 Å². The number of hydrogen-bond donors (Lipinski definition) is 0. The first-order valence-corrected chi connectivity index (χ1v) is 12.7. The van der Waals surface area contributed by atoms with E-state index in [9.17, 15) is 0 Å². The first-order chi connectivity index (χ1) is 15.2. The highest BCUT2D eigenvalue weighted by Gasteiger charge is 2.06. The van der Waals surface area contributed by atoms with Gasteiger partial charge in [-0.2, -0.15) is 0 Å². The molecule has 0 fully saturated rings. The Kier molecular flexibility index (Phi) is 13.1. The van der Waals surface area contributed by atoms with Gasteiger partial charge >= 0.3 is 0 Å². The Morgan fingerprint density at radius 3 is 1.68 bits per heavy atom. The third-order valence-corrected chi connectivity index (χ3v) is 5.95.